The van der Waals surface area contributed by atoms with E-state index in [2.05, 4.69) is 32.0 Å². The molecule has 2 nitrogen and oxygen atoms in total. The fraction of sp³-hybridized carbons (Fsp3) is 0.533. The van der Waals surface area contributed by atoms with Gasteiger partial charge in [-0.2, -0.15) is 0 Å². The summed E-state index contributed by atoms with van der Waals surface area (Å²) in [4.78, 5) is 11.3. The third-order valence-electron chi connectivity index (χ3n) is 3.91. The number of benzene rings is 1. The van der Waals surface area contributed by atoms with Crippen molar-refractivity contribution >= 4 is 18.3 Å². The summed E-state index contributed by atoms with van der Waals surface area (Å²) in [6, 6.07) is 6.62. The average molecular weight is 268 g/mol. The normalized spacial score (nSPS) is 17.2. The summed E-state index contributed by atoms with van der Waals surface area (Å²) in [5.41, 5.74) is 9.31. The van der Waals surface area contributed by atoms with Crippen molar-refractivity contribution in [2.75, 3.05) is 0 Å². The zero-order valence-electron chi connectivity index (χ0n) is 11.2. The Morgan fingerprint density at radius 2 is 1.67 bits per heavy atom. The van der Waals surface area contributed by atoms with Gasteiger partial charge in [-0.15, -0.1) is 12.4 Å². The van der Waals surface area contributed by atoms with Gasteiger partial charge in [-0.3, -0.25) is 4.79 Å². The number of carbonyl (C=O) groups is 1. The number of hydrogen-bond acceptors (Lipinski definition) is 1. The Morgan fingerprint density at radius 1 is 1.17 bits per heavy atom. The smallest absolute Gasteiger partial charge is 0.218 e. The number of amides is 1. The Labute approximate surface area is 115 Å². The lowest BCUT2D eigenvalue weighted by atomic mass is 9.75. The first kappa shape index (κ1) is 15.0. The lowest BCUT2D eigenvalue weighted by molar-refractivity contribution is -0.119. The quantitative estimate of drug-likeness (QED) is 0.896. The maximum Gasteiger partial charge on any atom is 0.218 e. The first-order chi connectivity index (χ1) is 8.02. The molecule has 0 spiro atoms. The Kier molecular flexibility index (Phi) is 4.80. The second-order valence-electron chi connectivity index (χ2n) is 5.51. The van der Waals surface area contributed by atoms with E-state index >= 15 is 0 Å². The van der Waals surface area contributed by atoms with Crippen LogP contribution in [0.4, 0.5) is 0 Å². The van der Waals surface area contributed by atoms with Crippen LogP contribution in [0.25, 0.3) is 0 Å². The summed E-state index contributed by atoms with van der Waals surface area (Å²) in [7, 11) is 0. The molecule has 0 heterocycles. The molecule has 0 aromatic heterocycles. The third kappa shape index (κ3) is 3.05. The zero-order chi connectivity index (χ0) is 12.5. The van der Waals surface area contributed by atoms with Gasteiger partial charge in [-0.1, -0.05) is 42.2 Å². The van der Waals surface area contributed by atoms with E-state index < -0.39 is 0 Å². The molecule has 0 unspecified atom stereocenters. The summed E-state index contributed by atoms with van der Waals surface area (Å²) in [6.45, 7) is 4.23. The molecule has 1 amide bonds. The summed E-state index contributed by atoms with van der Waals surface area (Å²) in [5.74, 6) is -0.175. The molecule has 3 heteroatoms. The monoisotopic (exact) mass is 267 g/mol. The van der Waals surface area contributed by atoms with Gasteiger partial charge in [0.15, 0.2) is 0 Å². The van der Waals surface area contributed by atoms with E-state index in [0.717, 1.165) is 12.8 Å². The fourth-order valence-electron chi connectivity index (χ4n) is 3.23. The van der Waals surface area contributed by atoms with Crippen LogP contribution in [0.5, 0.6) is 0 Å². The van der Waals surface area contributed by atoms with Crippen LogP contribution in [0.2, 0.25) is 0 Å². The molecule has 1 aromatic rings. The van der Waals surface area contributed by atoms with Gasteiger partial charge in [0.2, 0.25) is 5.91 Å². The van der Waals surface area contributed by atoms with Crippen LogP contribution < -0.4 is 5.73 Å². The minimum absolute atomic E-state index is 0. The number of halogens is 1. The van der Waals surface area contributed by atoms with Crippen LogP contribution in [-0.2, 0) is 10.2 Å². The van der Waals surface area contributed by atoms with E-state index in [9.17, 15) is 4.79 Å². The predicted molar refractivity (Wildman–Crippen MR) is 77.1 cm³/mol. The highest BCUT2D eigenvalue weighted by atomic mass is 35.5. The maximum atomic E-state index is 11.3. The Morgan fingerprint density at radius 3 is 2.11 bits per heavy atom. The highest BCUT2D eigenvalue weighted by Crippen LogP contribution is 2.44. The molecule has 18 heavy (non-hydrogen) atoms. The molecule has 1 aromatic carbocycles. The van der Waals surface area contributed by atoms with Gasteiger partial charge in [0.25, 0.3) is 0 Å². The van der Waals surface area contributed by atoms with E-state index in [1.807, 2.05) is 0 Å². The minimum Gasteiger partial charge on any atom is -0.370 e. The summed E-state index contributed by atoms with van der Waals surface area (Å²) < 4.78 is 0. The summed E-state index contributed by atoms with van der Waals surface area (Å²) >= 11 is 0. The van der Waals surface area contributed by atoms with Crippen molar-refractivity contribution in [3.05, 3.63) is 34.9 Å². The Balaban J connectivity index is 0.00000162. The van der Waals surface area contributed by atoms with Crippen molar-refractivity contribution in [2.45, 2.75) is 51.4 Å². The molecule has 100 valence electrons. The molecule has 1 aliphatic carbocycles. The third-order valence-corrected chi connectivity index (χ3v) is 3.91. The van der Waals surface area contributed by atoms with Gasteiger partial charge in [0.1, 0.15) is 0 Å². The van der Waals surface area contributed by atoms with E-state index in [4.69, 9.17) is 5.73 Å². The lowest BCUT2D eigenvalue weighted by Gasteiger charge is -2.29. The molecule has 0 aliphatic heterocycles. The highest BCUT2D eigenvalue weighted by Gasteiger charge is 2.37. The predicted octanol–water partition coefficient (Wildman–Crippen LogP) is 3.41. The maximum absolute atomic E-state index is 11.3. The molecule has 0 radical (unpaired) electrons. The topological polar surface area (TPSA) is 43.1 Å². The molecule has 1 saturated carbocycles. The van der Waals surface area contributed by atoms with Gasteiger partial charge < -0.3 is 5.73 Å². The molecular weight excluding hydrogens is 246 g/mol. The standard InChI is InChI=1S/C15H21NO.ClH/c1-11-7-12(2)9-13(8-11)15(10-14(16)17)5-3-4-6-15;/h7-9H,3-6,10H2,1-2H3,(H2,16,17);1H. The SMILES string of the molecule is Cc1cc(C)cc(C2(CC(N)=O)CCCC2)c1.Cl. The summed E-state index contributed by atoms with van der Waals surface area (Å²) in [6.07, 6.45) is 5.11. The molecular formula is C15H22ClNO. The van der Waals surface area contributed by atoms with Crippen LogP contribution >= 0.6 is 12.4 Å². The van der Waals surface area contributed by atoms with Crippen molar-refractivity contribution in [1.82, 2.24) is 0 Å². The fourth-order valence-corrected chi connectivity index (χ4v) is 3.23. The van der Waals surface area contributed by atoms with Gasteiger partial charge in [0.05, 0.1) is 0 Å². The molecule has 1 aliphatic rings. The van der Waals surface area contributed by atoms with Crippen LogP contribution in [0.3, 0.4) is 0 Å². The van der Waals surface area contributed by atoms with E-state index in [-0.39, 0.29) is 23.7 Å². The first-order valence-corrected chi connectivity index (χ1v) is 6.39. The number of nitrogens with two attached hydrogens (primary N) is 1. The number of primary amides is 1. The van der Waals surface area contributed by atoms with Gasteiger partial charge in [-0.25, -0.2) is 0 Å². The molecule has 2 N–H and O–H groups in total. The number of rotatable bonds is 3. The van der Waals surface area contributed by atoms with E-state index in [1.165, 1.54) is 29.5 Å². The Hall–Kier alpha value is -1.02. The molecule has 0 bridgehead atoms. The van der Waals surface area contributed by atoms with Crippen LogP contribution in [0, 0.1) is 13.8 Å². The van der Waals surface area contributed by atoms with Crippen molar-refractivity contribution in [2.24, 2.45) is 5.73 Å². The van der Waals surface area contributed by atoms with Crippen molar-refractivity contribution in [1.29, 1.82) is 0 Å². The molecule has 2 rings (SSSR count). The molecule has 0 atom stereocenters. The van der Waals surface area contributed by atoms with Crippen molar-refractivity contribution in [3.63, 3.8) is 0 Å². The largest absolute Gasteiger partial charge is 0.370 e. The zero-order valence-corrected chi connectivity index (χ0v) is 12.0. The van der Waals surface area contributed by atoms with E-state index in [0.29, 0.717) is 6.42 Å². The van der Waals surface area contributed by atoms with Gasteiger partial charge >= 0.3 is 0 Å². The van der Waals surface area contributed by atoms with Gasteiger partial charge in [-0.05, 0) is 32.3 Å². The molecule has 1 fully saturated rings. The lowest BCUT2D eigenvalue weighted by Crippen LogP contribution is -2.29. The first-order valence-electron chi connectivity index (χ1n) is 6.39. The van der Waals surface area contributed by atoms with Crippen molar-refractivity contribution < 1.29 is 4.79 Å². The Bertz CT molecular complexity index is 416. The minimum atomic E-state index is -0.175. The van der Waals surface area contributed by atoms with Crippen LogP contribution in [0.1, 0.15) is 48.8 Å². The number of aryl methyl sites for hydroxylation is 2. The second kappa shape index (κ2) is 5.75. The summed E-state index contributed by atoms with van der Waals surface area (Å²) in [5, 5.41) is 0. The van der Waals surface area contributed by atoms with Crippen LogP contribution in [-0.4, -0.2) is 5.91 Å². The van der Waals surface area contributed by atoms with Gasteiger partial charge in [0, 0.05) is 11.8 Å². The number of carbonyl (C=O) groups excluding carboxylic acids is 1. The molecule has 0 saturated heterocycles. The average Bonchev–Trinajstić information content (AvgIpc) is 2.65. The van der Waals surface area contributed by atoms with Crippen molar-refractivity contribution in [3.8, 4) is 0 Å². The number of hydrogen-bond donors (Lipinski definition) is 1. The van der Waals surface area contributed by atoms with E-state index in [1.54, 1.807) is 0 Å². The second-order valence-corrected chi connectivity index (χ2v) is 5.51. The van der Waals surface area contributed by atoms with Crippen LogP contribution in [0.15, 0.2) is 18.2 Å². The highest BCUT2D eigenvalue weighted by molar-refractivity contribution is 5.85.